The van der Waals surface area contributed by atoms with Crippen molar-refractivity contribution in [1.29, 1.82) is 0 Å². The van der Waals surface area contributed by atoms with Crippen LogP contribution in [0.15, 0.2) is 18.2 Å². The summed E-state index contributed by atoms with van der Waals surface area (Å²) in [6.45, 7) is 0.916. The third-order valence-electron chi connectivity index (χ3n) is 3.47. The Morgan fingerprint density at radius 2 is 2.05 bits per heavy atom. The number of hydrogen-bond acceptors (Lipinski definition) is 3. The zero-order chi connectivity index (χ0) is 15.4. The molecule has 0 saturated carbocycles. The van der Waals surface area contributed by atoms with Gasteiger partial charge in [-0.1, -0.05) is 11.6 Å². The van der Waals surface area contributed by atoms with Crippen LogP contribution in [-0.4, -0.2) is 36.2 Å². The van der Waals surface area contributed by atoms with Gasteiger partial charge in [0.25, 0.3) is 5.91 Å². The van der Waals surface area contributed by atoms with Gasteiger partial charge in [-0.2, -0.15) is 0 Å². The fraction of sp³-hybridized carbons (Fsp3) is 0.429. The first-order valence-corrected chi connectivity index (χ1v) is 6.93. The number of benzene rings is 1. The van der Waals surface area contributed by atoms with Gasteiger partial charge in [0.05, 0.1) is 5.56 Å². The lowest BCUT2D eigenvalue weighted by Crippen LogP contribution is -2.47. The molecule has 114 valence electrons. The molecule has 21 heavy (non-hydrogen) atoms. The van der Waals surface area contributed by atoms with Crippen LogP contribution < -0.4 is 5.32 Å². The van der Waals surface area contributed by atoms with Crippen LogP contribution in [0.2, 0.25) is 5.02 Å². The van der Waals surface area contributed by atoms with Crippen molar-refractivity contribution in [3.8, 4) is 0 Å². The molecule has 0 aromatic heterocycles. The van der Waals surface area contributed by atoms with E-state index in [9.17, 15) is 19.1 Å². The molecule has 0 bridgehead atoms. The smallest absolute Gasteiger partial charge is 0.326 e. The van der Waals surface area contributed by atoms with Gasteiger partial charge in [0.15, 0.2) is 0 Å². The van der Waals surface area contributed by atoms with Gasteiger partial charge < -0.3 is 15.2 Å². The lowest BCUT2D eigenvalue weighted by molar-refractivity contribution is -0.141. The number of amides is 1. The Balaban J connectivity index is 2.12. The van der Waals surface area contributed by atoms with E-state index in [0.717, 1.165) is 6.07 Å². The number of carboxylic acids is 1. The van der Waals surface area contributed by atoms with Crippen molar-refractivity contribution in [2.24, 2.45) is 5.92 Å². The summed E-state index contributed by atoms with van der Waals surface area (Å²) in [7, 11) is 0. The molecule has 1 fully saturated rings. The summed E-state index contributed by atoms with van der Waals surface area (Å²) < 4.78 is 18.9. The van der Waals surface area contributed by atoms with Crippen molar-refractivity contribution in [2.45, 2.75) is 18.9 Å². The largest absolute Gasteiger partial charge is 0.480 e. The molecule has 0 spiro atoms. The molecule has 0 aliphatic carbocycles. The number of carboxylic acid groups (broad SMARTS) is 1. The summed E-state index contributed by atoms with van der Waals surface area (Å²) in [6.07, 6.45) is 1.08. The fourth-order valence-corrected chi connectivity index (χ4v) is 2.48. The lowest BCUT2D eigenvalue weighted by Gasteiger charge is -2.28. The minimum atomic E-state index is -1.13. The molecule has 2 rings (SSSR count). The first-order chi connectivity index (χ1) is 9.99. The predicted molar refractivity (Wildman–Crippen MR) is 73.8 cm³/mol. The summed E-state index contributed by atoms with van der Waals surface area (Å²) >= 11 is 5.62. The molecular weight excluding hydrogens is 301 g/mol. The molecule has 1 aliphatic heterocycles. The summed E-state index contributed by atoms with van der Waals surface area (Å²) in [5.74, 6) is -2.90. The molecule has 1 atom stereocenters. The van der Waals surface area contributed by atoms with Crippen LogP contribution in [0.5, 0.6) is 0 Å². The van der Waals surface area contributed by atoms with E-state index in [4.69, 9.17) is 16.3 Å². The van der Waals surface area contributed by atoms with Crippen LogP contribution in [0.25, 0.3) is 0 Å². The van der Waals surface area contributed by atoms with E-state index in [1.54, 1.807) is 0 Å². The van der Waals surface area contributed by atoms with Crippen LogP contribution in [-0.2, 0) is 9.53 Å². The standard InChI is InChI=1S/C14H15ClFNO4/c15-9-1-2-10(11(16)7-9)13(18)17-12(14(19)20)8-3-5-21-6-4-8/h1-2,7-8,12H,3-6H2,(H,17,18)(H,19,20). The second kappa shape index (κ2) is 6.87. The van der Waals surface area contributed by atoms with Gasteiger partial charge in [-0.05, 0) is 37.0 Å². The van der Waals surface area contributed by atoms with E-state index in [1.165, 1.54) is 12.1 Å². The number of aliphatic carboxylic acids is 1. The number of carbonyl (C=O) groups is 2. The highest BCUT2D eigenvalue weighted by atomic mass is 35.5. The maximum absolute atomic E-state index is 13.7. The summed E-state index contributed by atoms with van der Waals surface area (Å²) in [5, 5.41) is 11.8. The van der Waals surface area contributed by atoms with Crippen molar-refractivity contribution in [1.82, 2.24) is 5.32 Å². The quantitative estimate of drug-likeness (QED) is 0.892. The Bertz CT molecular complexity index is 546. The van der Waals surface area contributed by atoms with Crippen molar-refractivity contribution in [2.75, 3.05) is 13.2 Å². The topological polar surface area (TPSA) is 75.6 Å². The summed E-state index contributed by atoms with van der Waals surface area (Å²) in [5.41, 5.74) is -0.224. The fourth-order valence-electron chi connectivity index (χ4n) is 2.32. The van der Waals surface area contributed by atoms with E-state index >= 15 is 0 Å². The Hall–Kier alpha value is -1.66. The normalized spacial score (nSPS) is 17.2. The number of nitrogens with one attached hydrogen (secondary N) is 1. The molecule has 2 N–H and O–H groups in total. The first kappa shape index (κ1) is 15.7. The Morgan fingerprint density at radius 3 is 2.62 bits per heavy atom. The molecule has 1 heterocycles. The maximum atomic E-state index is 13.7. The van der Waals surface area contributed by atoms with Crippen molar-refractivity contribution in [3.63, 3.8) is 0 Å². The third-order valence-corrected chi connectivity index (χ3v) is 3.70. The molecule has 1 aromatic rings. The highest BCUT2D eigenvalue weighted by Crippen LogP contribution is 2.20. The maximum Gasteiger partial charge on any atom is 0.326 e. The van der Waals surface area contributed by atoms with Crippen LogP contribution >= 0.6 is 11.6 Å². The van der Waals surface area contributed by atoms with Gasteiger partial charge in [-0.15, -0.1) is 0 Å². The van der Waals surface area contributed by atoms with Crippen LogP contribution in [0.1, 0.15) is 23.2 Å². The molecule has 1 aliphatic rings. The van der Waals surface area contributed by atoms with Crippen LogP contribution in [0, 0.1) is 11.7 Å². The molecule has 1 unspecified atom stereocenters. The average molecular weight is 316 g/mol. The minimum absolute atomic E-state index is 0.170. The summed E-state index contributed by atoms with van der Waals surface area (Å²) in [6, 6.07) is 2.57. The Morgan fingerprint density at radius 1 is 1.38 bits per heavy atom. The number of halogens is 2. The molecule has 1 saturated heterocycles. The van der Waals surface area contributed by atoms with Crippen LogP contribution in [0.4, 0.5) is 4.39 Å². The van der Waals surface area contributed by atoms with Crippen LogP contribution in [0.3, 0.4) is 0 Å². The second-order valence-electron chi connectivity index (χ2n) is 4.86. The number of carbonyl (C=O) groups excluding carboxylic acids is 1. The Kier molecular flexibility index (Phi) is 5.14. The van der Waals surface area contributed by atoms with Gasteiger partial charge in [-0.3, -0.25) is 4.79 Å². The molecule has 5 nitrogen and oxygen atoms in total. The van der Waals surface area contributed by atoms with Gasteiger partial charge in [0.1, 0.15) is 11.9 Å². The first-order valence-electron chi connectivity index (χ1n) is 6.55. The Labute approximate surface area is 126 Å². The predicted octanol–water partition coefficient (Wildman–Crippen LogP) is 2.09. The molecule has 1 aromatic carbocycles. The van der Waals surface area contributed by atoms with E-state index in [-0.39, 0.29) is 16.5 Å². The zero-order valence-electron chi connectivity index (χ0n) is 11.1. The van der Waals surface area contributed by atoms with E-state index in [1.807, 2.05) is 0 Å². The minimum Gasteiger partial charge on any atom is -0.480 e. The van der Waals surface area contributed by atoms with Gasteiger partial charge >= 0.3 is 5.97 Å². The molecule has 1 amide bonds. The highest BCUT2D eigenvalue weighted by molar-refractivity contribution is 6.30. The second-order valence-corrected chi connectivity index (χ2v) is 5.30. The zero-order valence-corrected chi connectivity index (χ0v) is 11.9. The lowest BCUT2D eigenvalue weighted by atomic mass is 9.91. The van der Waals surface area contributed by atoms with Gasteiger partial charge in [-0.25, -0.2) is 9.18 Å². The number of rotatable bonds is 4. The van der Waals surface area contributed by atoms with E-state index in [2.05, 4.69) is 5.32 Å². The molecular formula is C14H15ClFNO4. The van der Waals surface area contributed by atoms with E-state index < -0.39 is 23.7 Å². The number of hydrogen-bond donors (Lipinski definition) is 2. The van der Waals surface area contributed by atoms with Crippen molar-refractivity contribution in [3.05, 3.63) is 34.6 Å². The highest BCUT2D eigenvalue weighted by Gasteiger charge is 2.31. The van der Waals surface area contributed by atoms with Crippen molar-refractivity contribution >= 4 is 23.5 Å². The third kappa shape index (κ3) is 3.92. The summed E-state index contributed by atoms with van der Waals surface area (Å²) in [4.78, 5) is 23.4. The SMILES string of the molecule is O=C(NC(C(=O)O)C1CCOCC1)c1ccc(Cl)cc1F. The van der Waals surface area contributed by atoms with Crippen molar-refractivity contribution < 1.29 is 23.8 Å². The number of ether oxygens (including phenoxy) is 1. The molecule has 0 radical (unpaired) electrons. The monoisotopic (exact) mass is 315 g/mol. The van der Waals surface area contributed by atoms with E-state index in [0.29, 0.717) is 26.1 Å². The van der Waals surface area contributed by atoms with Gasteiger partial charge in [0, 0.05) is 18.2 Å². The average Bonchev–Trinajstić information content (AvgIpc) is 2.45. The molecule has 7 heteroatoms. The van der Waals surface area contributed by atoms with Gasteiger partial charge in [0.2, 0.25) is 0 Å².